The number of carbonyl (C=O) groups is 1. The van der Waals surface area contributed by atoms with Crippen LogP contribution < -0.4 is 0 Å². The molecule has 0 saturated carbocycles. The zero-order valence-electron chi connectivity index (χ0n) is 12.7. The average Bonchev–Trinajstić information content (AvgIpc) is 2.46. The predicted molar refractivity (Wildman–Crippen MR) is 69.0 cm³/mol. The van der Waals surface area contributed by atoms with Gasteiger partial charge in [0.15, 0.2) is 0 Å². The lowest BCUT2D eigenvalue weighted by Gasteiger charge is -2.45. The fraction of sp³-hybridized carbons (Fsp3) is 0.923. The van der Waals surface area contributed by atoms with Crippen molar-refractivity contribution in [1.82, 2.24) is 0 Å². The third-order valence-electron chi connectivity index (χ3n) is 3.53. The van der Waals surface area contributed by atoms with E-state index in [0.717, 1.165) is 0 Å². The van der Waals surface area contributed by atoms with E-state index in [2.05, 4.69) is 0 Å². The molecule has 1 aliphatic rings. The Morgan fingerprint density at radius 1 is 1.60 bits per heavy atom. The summed E-state index contributed by atoms with van der Waals surface area (Å²) in [6, 6.07) is 0. The van der Waals surface area contributed by atoms with Crippen LogP contribution in [-0.4, -0.2) is 63.2 Å². The zero-order valence-corrected chi connectivity index (χ0v) is 11.7. The van der Waals surface area contributed by atoms with Crippen LogP contribution in [0.4, 0.5) is 0 Å². The van der Waals surface area contributed by atoms with E-state index < -0.39 is 49.0 Å². The van der Waals surface area contributed by atoms with Crippen LogP contribution in [0.1, 0.15) is 35.0 Å². The number of hydrogen-bond donors (Lipinski definition) is 4. The highest BCUT2D eigenvalue weighted by atomic mass is 16.7. The molecule has 1 heterocycles. The summed E-state index contributed by atoms with van der Waals surface area (Å²) >= 11 is 0. The van der Waals surface area contributed by atoms with E-state index in [4.69, 9.17) is 10.8 Å². The molecule has 4 N–H and O–H groups in total. The summed E-state index contributed by atoms with van der Waals surface area (Å²) in [5.74, 6) is -4.03. The van der Waals surface area contributed by atoms with E-state index >= 15 is 0 Å². The SMILES string of the molecule is [2H]CC(O)C(O)C1OC(OCCC)(C(=O)O)CC(O)C1C. The maximum absolute atomic E-state index is 11.5. The van der Waals surface area contributed by atoms with Gasteiger partial charge in [0.1, 0.15) is 6.10 Å². The highest BCUT2D eigenvalue weighted by Crippen LogP contribution is 2.36. The largest absolute Gasteiger partial charge is 0.477 e. The van der Waals surface area contributed by atoms with Gasteiger partial charge < -0.3 is 29.9 Å². The molecule has 1 fully saturated rings. The van der Waals surface area contributed by atoms with Gasteiger partial charge in [-0.3, -0.25) is 0 Å². The van der Waals surface area contributed by atoms with E-state index in [9.17, 15) is 25.2 Å². The van der Waals surface area contributed by atoms with Crippen molar-refractivity contribution in [3.8, 4) is 0 Å². The highest BCUT2D eigenvalue weighted by molar-refractivity contribution is 5.76. The van der Waals surface area contributed by atoms with Gasteiger partial charge in [0.05, 0.1) is 24.9 Å². The van der Waals surface area contributed by atoms with Gasteiger partial charge in [0, 0.05) is 13.7 Å². The Morgan fingerprint density at radius 3 is 2.75 bits per heavy atom. The molecule has 7 nitrogen and oxygen atoms in total. The van der Waals surface area contributed by atoms with Gasteiger partial charge in [0.25, 0.3) is 5.79 Å². The Bertz CT molecular complexity index is 353. The van der Waals surface area contributed by atoms with Crippen LogP contribution in [-0.2, 0) is 14.3 Å². The van der Waals surface area contributed by atoms with Crippen molar-refractivity contribution in [1.29, 1.82) is 0 Å². The molecule has 0 amide bonds. The molecule has 1 rings (SSSR count). The van der Waals surface area contributed by atoms with Crippen molar-refractivity contribution in [2.24, 2.45) is 5.92 Å². The van der Waals surface area contributed by atoms with E-state index in [1.54, 1.807) is 13.8 Å². The summed E-state index contributed by atoms with van der Waals surface area (Å²) in [5, 5.41) is 39.0. The maximum Gasteiger partial charge on any atom is 0.364 e. The Morgan fingerprint density at radius 2 is 2.25 bits per heavy atom. The van der Waals surface area contributed by atoms with E-state index in [0.29, 0.717) is 6.42 Å². The first-order chi connectivity index (χ1) is 9.79. The van der Waals surface area contributed by atoms with Crippen LogP contribution in [0.3, 0.4) is 0 Å². The van der Waals surface area contributed by atoms with Gasteiger partial charge in [-0.1, -0.05) is 13.8 Å². The van der Waals surface area contributed by atoms with Crippen molar-refractivity contribution < 1.29 is 36.1 Å². The molecule has 118 valence electrons. The van der Waals surface area contributed by atoms with E-state index in [1.807, 2.05) is 0 Å². The van der Waals surface area contributed by atoms with Gasteiger partial charge in [-0.05, 0) is 13.3 Å². The third kappa shape index (κ3) is 3.48. The quantitative estimate of drug-likeness (QED) is 0.532. The first kappa shape index (κ1) is 15.7. The molecule has 1 aliphatic heterocycles. The summed E-state index contributed by atoms with van der Waals surface area (Å²) in [4.78, 5) is 11.5. The third-order valence-corrected chi connectivity index (χ3v) is 3.53. The van der Waals surface area contributed by atoms with Crippen LogP contribution >= 0.6 is 0 Å². The molecular formula is C13H24O7. The number of aliphatic hydroxyl groups is 3. The van der Waals surface area contributed by atoms with Crippen LogP contribution in [0.25, 0.3) is 0 Å². The van der Waals surface area contributed by atoms with Crippen molar-refractivity contribution in [3.63, 3.8) is 0 Å². The van der Waals surface area contributed by atoms with Crippen LogP contribution in [0.15, 0.2) is 0 Å². The van der Waals surface area contributed by atoms with Crippen LogP contribution in [0.2, 0.25) is 0 Å². The number of hydrogen-bond acceptors (Lipinski definition) is 6. The number of carboxylic acids is 1. The zero-order chi connectivity index (χ0) is 16.2. The Balaban J connectivity index is 3.00. The summed E-state index contributed by atoms with van der Waals surface area (Å²) in [5.41, 5.74) is 0. The molecule has 6 unspecified atom stereocenters. The Kier molecular flexibility index (Phi) is 5.34. The molecule has 20 heavy (non-hydrogen) atoms. The Hall–Kier alpha value is -0.730. The molecule has 0 bridgehead atoms. The fourth-order valence-electron chi connectivity index (χ4n) is 2.21. The molecule has 0 aromatic rings. The molecule has 7 heteroatoms. The molecule has 0 aliphatic carbocycles. The molecule has 6 atom stereocenters. The standard InChI is InChI=1S/C13H24O7/c1-4-5-19-13(12(17)18)6-9(15)7(2)11(20-13)10(16)8(3)14/h7-11,14-16H,4-6H2,1-3H3,(H,17,18)/i3D. The number of aliphatic hydroxyl groups excluding tert-OH is 3. The number of carboxylic acid groups (broad SMARTS) is 1. The maximum atomic E-state index is 11.5. The highest BCUT2D eigenvalue weighted by Gasteiger charge is 2.53. The lowest BCUT2D eigenvalue weighted by molar-refractivity contribution is -0.316. The van der Waals surface area contributed by atoms with E-state index in [-0.39, 0.29) is 13.0 Å². The number of ether oxygens (including phenoxy) is 2. The van der Waals surface area contributed by atoms with Gasteiger partial charge in [-0.15, -0.1) is 0 Å². The second-order valence-corrected chi connectivity index (χ2v) is 5.18. The first-order valence-electron chi connectivity index (χ1n) is 7.38. The molecule has 0 spiro atoms. The minimum Gasteiger partial charge on any atom is -0.477 e. The van der Waals surface area contributed by atoms with Crippen molar-refractivity contribution in [2.75, 3.05) is 6.61 Å². The second-order valence-electron chi connectivity index (χ2n) is 5.18. The topological polar surface area (TPSA) is 116 Å². The van der Waals surface area contributed by atoms with Gasteiger partial charge in [-0.2, -0.15) is 0 Å². The van der Waals surface area contributed by atoms with Crippen LogP contribution in [0, 0.1) is 5.92 Å². The minimum absolute atomic E-state index is 0.122. The predicted octanol–water partition coefficient (Wildman–Crippen LogP) is -0.279. The summed E-state index contributed by atoms with van der Waals surface area (Å²) in [6.45, 7) is 3.05. The van der Waals surface area contributed by atoms with Crippen LogP contribution in [0.5, 0.6) is 0 Å². The molecule has 0 aromatic carbocycles. The van der Waals surface area contributed by atoms with Gasteiger partial charge in [-0.25, -0.2) is 4.79 Å². The number of rotatable bonds is 6. The average molecular weight is 293 g/mol. The molecule has 0 radical (unpaired) electrons. The fourth-order valence-corrected chi connectivity index (χ4v) is 2.21. The summed E-state index contributed by atoms with van der Waals surface area (Å²) < 4.78 is 17.8. The van der Waals surface area contributed by atoms with Crippen molar-refractivity contribution in [2.45, 2.75) is 63.8 Å². The van der Waals surface area contributed by atoms with E-state index in [1.165, 1.54) is 0 Å². The Labute approximate surface area is 119 Å². The lowest BCUT2D eigenvalue weighted by atomic mass is 9.85. The monoisotopic (exact) mass is 293 g/mol. The van der Waals surface area contributed by atoms with Gasteiger partial charge in [0.2, 0.25) is 0 Å². The normalized spacial score (nSPS) is 38.0. The van der Waals surface area contributed by atoms with Crippen molar-refractivity contribution >= 4 is 5.97 Å². The molecular weight excluding hydrogens is 268 g/mol. The second kappa shape index (κ2) is 6.82. The van der Waals surface area contributed by atoms with Crippen molar-refractivity contribution in [3.05, 3.63) is 0 Å². The molecule has 1 saturated heterocycles. The number of aliphatic carboxylic acids is 1. The first-order valence-corrected chi connectivity index (χ1v) is 6.67. The van der Waals surface area contributed by atoms with Gasteiger partial charge >= 0.3 is 5.97 Å². The molecule has 0 aromatic heterocycles. The summed E-state index contributed by atoms with van der Waals surface area (Å²) in [6.07, 6.45) is -4.76. The lowest BCUT2D eigenvalue weighted by Crippen LogP contribution is -2.60. The smallest absolute Gasteiger partial charge is 0.364 e. The minimum atomic E-state index is -2.05. The summed E-state index contributed by atoms with van der Waals surface area (Å²) in [7, 11) is 0.